The molecule has 5 rings (SSSR count). The number of anilines is 2. The van der Waals surface area contributed by atoms with Crippen molar-refractivity contribution in [3.63, 3.8) is 0 Å². The minimum absolute atomic E-state index is 0. The number of carboxylic acids is 2. The van der Waals surface area contributed by atoms with Crippen molar-refractivity contribution in [1.82, 2.24) is 14.9 Å². The van der Waals surface area contributed by atoms with Crippen molar-refractivity contribution >= 4 is 68.0 Å². The third kappa shape index (κ3) is 9.32. The number of nitrogens with zero attached hydrogens (tertiary/aromatic N) is 5. The van der Waals surface area contributed by atoms with Crippen molar-refractivity contribution in [2.45, 2.75) is 32.6 Å². The Morgan fingerprint density at radius 2 is 1.55 bits per heavy atom. The Kier molecular flexibility index (Phi) is 13.3. The summed E-state index contributed by atoms with van der Waals surface area (Å²) in [5, 5.41) is 44.4. The van der Waals surface area contributed by atoms with E-state index in [1.807, 2.05) is 20.8 Å². The van der Waals surface area contributed by atoms with Gasteiger partial charge in [-0.05, 0) is 65.7 Å². The van der Waals surface area contributed by atoms with E-state index < -0.39 is 49.3 Å². The molecule has 0 aliphatic carbocycles. The molecule has 15 nitrogen and oxygen atoms in total. The molecule has 0 atom stereocenters. The van der Waals surface area contributed by atoms with Crippen LogP contribution in [0.25, 0.3) is 11.4 Å². The molecule has 242 valence electrons. The van der Waals surface area contributed by atoms with Gasteiger partial charge in [-0.1, -0.05) is 32.4 Å². The van der Waals surface area contributed by atoms with Gasteiger partial charge in [-0.25, -0.2) is 18.4 Å². The summed E-state index contributed by atoms with van der Waals surface area (Å²) in [6.45, 7) is 7.06. The number of phenols is 1. The normalized spacial score (nSPS) is 13.1. The van der Waals surface area contributed by atoms with Crippen LogP contribution in [0.4, 0.5) is 17.1 Å². The van der Waals surface area contributed by atoms with Gasteiger partial charge in [-0.2, -0.15) is 5.10 Å². The molecule has 0 saturated carbocycles. The predicted molar refractivity (Wildman–Crippen MR) is 167 cm³/mol. The van der Waals surface area contributed by atoms with E-state index in [1.54, 1.807) is 0 Å². The molecule has 1 amide bonds. The summed E-state index contributed by atoms with van der Waals surface area (Å²) in [6.07, 6.45) is 0. The Labute approximate surface area is 370 Å². The van der Waals surface area contributed by atoms with Crippen LogP contribution in [0.15, 0.2) is 69.6 Å². The largest absolute Gasteiger partial charge is 1.00 e. The van der Waals surface area contributed by atoms with Crippen LogP contribution in [0, 0.1) is 5.41 Å². The molecule has 0 unspecified atom stereocenters. The van der Waals surface area contributed by atoms with Gasteiger partial charge in [-0.3, -0.25) is 9.52 Å². The van der Waals surface area contributed by atoms with E-state index in [1.165, 1.54) is 48.1 Å². The van der Waals surface area contributed by atoms with Crippen molar-refractivity contribution in [2.75, 3.05) is 10.0 Å². The van der Waals surface area contributed by atoms with Crippen LogP contribution in [0.3, 0.4) is 0 Å². The number of aliphatic imine (C=N–C) groups is 1. The zero-order valence-corrected chi connectivity index (χ0v) is 34.8. The first-order chi connectivity index (χ1) is 21.9. The maximum absolute atomic E-state index is 13.0. The molecule has 0 fully saturated rings. The van der Waals surface area contributed by atoms with Crippen LogP contribution in [-0.2, 0) is 14.8 Å². The van der Waals surface area contributed by atoms with Gasteiger partial charge in [0.25, 0.3) is 10.0 Å². The number of sulfonamides is 1. The number of aromatic hydroxyl groups is 1. The Morgan fingerprint density at radius 3 is 2.08 bits per heavy atom. The molecular formula is C30H24ClK2N7O8S. The van der Waals surface area contributed by atoms with Crippen molar-refractivity contribution in [1.29, 1.82) is 0 Å². The van der Waals surface area contributed by atoms with E-state index in [0.29, 0.717) is 22.7 Å². The van der Waals surface area contributed by atoms with E-state index in [0.717, 1.165) is 18.2 Å². The first kappa shape index (κ1) is 41.1. The average Bonchev–Trinajstić information content (AvgIpc) is 3.54. The van der Waals surface area contributed by atoms with Gasteiger partial charge in [-0.15, -0.1) is 9.89 Å². The van der Waals surface area contributed by atoms with Crippen molar-refractivity contribution in [3.8, 4) is 17.1 Å². The number of aromatic carboxylic acids is 2. The fraction of sp³-hybridized carbons (Fsp3) is 0.167. The zero-order valence-electron chi connectivity index (χ0n) is 27.0. The Balaban J connectivity index is 0.00000325. The molecule has 0 radical (unpaired) electrons. The van der Waals surface area contributed by atoms with E-state index >= 15 is 0 Å². The second kappa shape index (κ2) is 15.9. The van der Waals surface area contributed by atoms with Crippen LogP contribution in [0.2, 0.25) is 5.02 Å². The number of carboxylic acid groups (broad SMARTS) is 2. The van der Waals surface area contributed by atoms with Gasteiger partial charge in [0, 0.05) is 23.6 Å². The van der Waals surface area contributed by atoms with Crippen LogP contribution < -0.4 is 123 Å². The first-order valence-electron chi connectivity index (χ1n) is 13.6. The van der Waals surface area contributed by atoms with Crippen LogP contribution >= 0.6 is 11.6 Å². The maximum Gasteiger partial charge on any atom is 1.00 e. The molecule has 0 saturated heterocycles. The number of phenolic OH excluding ortho intramolecular Hbond substituents is 1. The molecule has 4 aromatic rings. The molecule has 1 aliphatic heterocycles. The van der Waals surface area contributed by atoms with Crippen molar-refractivity contribution in [2.24, 2.45) is 15.5 Å². The number of halogens is 1. The first-order valence-corrected chi connectivity index (χ1v) is 15.5. The third-order valence-electron chi connectivity index (χ3n) is 6.62. The monoisotopic (exact) mass is 755 g/mol. The number of carbonyl (C=O) groups excluding carboxylic acids is 3. The number of carbonyl (C=O) groups is 3. The number of fused-ring (bicyclic) bond motifs is 1. The predicted octanol–water partition coefficient (Wildman–Crippen LogP) is -3.82. The van der Waals surface area contributed by atoms with Crippen molar-refractivity contribution in [3.05, 3.63) is 76.6 Å². The Bertz CT molecular complexity index is 2130. The molecule has 0 spiro atoms. The summed E-state index contributed by atoms with van der Waals surface area (Å²) in [7, 11) is -4.42. The average molecular weight is 756 g/mol. The zero-order chi connectivity index (χ0) is 34.4. The number of benzene rings is 3. The summed E-state index contributed by atoms with van der Waals surface area (Å²) >= 11 is 6.20. The summed E-state index contributed by atoms with van der Waals surface area (Å²) in [4.78, 5) is 44.2. The van der Waals surface area contributed by atoms with Gasteiger partial charge in [0.15, 0.2) is 11.6 Å². The molecule has 49 heavy (non-hydrogen) atoms. The topological polar surface area (TPSA) is 231 Å². The quantitative estimate of drug-likeness (QED) is 0.117. The number of amides is 1. The van der Waals surface area contributed by atoms with E-state index in [9.17, 15) is 38.1 Å². The molecule has 3 aromatic carbocycles. The minimum atomic E-state index is -4.42. The van der Waals surface area contributed by atoms with E-state index in [2.05, 4.69) is 25.2 Å². The van der Waals surface area contributed by atoms with Gasteiger partial charge in [0.2, 0.25) is 11.7 Å². The maximum atomic E-state index is 13.0. The van der Waals surface area contributed by atoms with Gasteiger partial charge in [0.05, 0.1) is 38.9 Å². The number of aromatic nitrogens is 3. The standard InChI is InChI=1S/C30H26ClN7O8S.2K/c1-14(39)32-22-13-19(12-21(31)24(22)40)33-23-25(30(2,3)4)35-38-27(23)34-26(36-38)15-5-7-18(8-6-15)37-47(45,46)20-10-16(28(41)42)9-17(11-20)29(43)44;;/h5-13,37,40H,1-4H3,(H,32,39)(H,41,42)(H,43,44);;/q;2*+1/p-2. The number of rotatable bonds is 8. The summed E-state index contributed by atoms with van der Waals surface area (Å²) in [5.74, 6) is -3.74. The molecule has 1 aromatic heterocycles. The number of hydrogen-bond donors (Lipinski definition) is 3. The van der Waals surface area contributed by atoms with Gasteiger partial charge < -0.3 is 30.2 Å². The van der Waals surface area contributed by atoms with Gasteiger partial charge >= 0.3 is 103 Å². The SMILES string of the molecule is CC(=O)Nc1cc(N=C2C(C(C)(C)C)=Nn3nc(-c4ccc(NS(=O)(=O)c5cc(C(=O)[O-])cc(C(=O)[O-])c5)cc4)nc32)cc(Cl)c1O.[K+].[K+]. The number of hydrogen-bond acceptors (Lipinski definition) is 12. The van der Waals surface area contributed by atoms with E-state index in [4.69, 9.17) is 16.6 Å². The molecule has 19 heteroatoms. The molecule has 1 aliphatic rings. The molecule has 3 N–H and O–H groups in total. The van der Waals surface area contributed by atoms with Crippen LogP contribution in [0.5, 0.6) is 5.75 Å². The second-order valence-electron chi connectivity index (χ2n) is 11.3. The second-order valence-corrected chi connectivity index (χ2v) is 13.4. The third-order valence-corrected chi connectivity index (χ3v) is 8.26. The summed E-state index contributed by atoms with van der Waals surface area (Å²) in [5.41, 5.74) is 0.0413. The Morgan fingerprint density at radius 1 is 0.959 bits per heavy atom. The van der Waals surface area contributed by atoms with E-state index in [-0.39, 0.29) is 137 Å². The molecular weight excluding hydrogens is 732 g/mol. The summed E-state index contributed by atoms with van der Waals surface area (Å²) in [6, 6.07) is 11.0. The van der Waals surface area contributed by atoms with Crippen LogP contribution in [-0.4, -0.2) is 57.7 Å². The molecule has 0 bridgehead atoms. The molecule has 2 heterocycles. The smallest absolute Gasteiger partial charge is 0.545 e. The summed E-state index contributed by atoms with van der Waals surface area (Å²) < 4.78 is 28.2. The van der Waals surface area contributed by atoms with Crippen LogP contribution in [0.1, 0.15) is 54.2 Å². The fourth-order valence-corrected chi connectivity index (χ4v) is 5.80. The fourth-order valence-electron chi connectivity index (χ4n) is 4.45. The van der Waals surface area contributed by atoms with Gasteiger partial charge in [0.1, 0.15) is 5.71 Å². The number of nitrogens with one attached hydrogen (secondary N) is 2. The van der Waals surface area contributed by atoms with Crippen molar-refractivity contribution < 1.29 is 141 Å². The Hall–Kier alpha value is -2.34. The minimum Gasteiger partial charge on any atom is -0.545 e.